The van der Waals surface area contributed by atoms with E-state index in [4.69, 9.17) is 43.6 Å². The normalized spacial score (nSPS) is 20.4. The molecule has 0 bridgehead atoms. The van der Waals surface area contributed by atoms with E-state index >= 15 is 0 Å². The van der Waals surface area contributed by atoms with Crippen LogP contribution in [-0.4, -0.2) is 75.9 Å². The summed E-state index contributed by atoms with van der Waals surface area (Å²) in [7, 11) is 0. The quantitative estimate of drug-likeness (QED) is 0.629. The van der Waals surface area contributed by atoms with Crippen molar-refractivity contribution < 1.29 is 9.84 Å². The van der Waals surface area contributed by atoms with Gasteiger partial charge in [0.1, 0.15) is 10.8 Å². The maximum atomic E-state index is 10.1. The summed E-state index contributed by atoms with van der Waals surface area (Å²) in [4.78, 5) is 18.3. The average Bonchev–Trinajstić information content (AvgIpc) is 2.81. The van der Waals surface area contributed by atoms with Gasteiger partial charge in [0, 0.05) is 49.5 Å². The van der Waals surface area contributed by atoms with E-state index < -0.39 is 0 Å². The van der Waals surface area contributed by atoms with Crippen LogP contribution in [0.25, 0.3) is 11.3 Å². The summed E-state index contributed by atoms with van der Waals surface area (Å²) in [6.45, 7) is 8.68. The second-order valence-corrected chi connectivity index (χ2v) is 9.26. The van der Waals surface area contributed by atoms with E-state index in [2.05, 4.69) is 21.7 Å². The van der Waals surface area contributed by atoms with Crippen molar-refractivity contribution >= 4 is 29.0 Å². The number of pyridine rings is 1. The fraction of sp³-hybridized carbons (Fsp3) is 0.591. The molecule has 8 nitrogen and oxygen atoms in total. The van der Waals surface area contributed by atoms with Gasteiger partial charge in [0.05, 0.1) is 36.2 Å². The topological polar surface area (TPSA) is 101 Å². The van der Waals surface area contributed by atoms with Gasteiger partial charge in [0.25, 0.3) is 0 Å². The molecule has 10 heteroatoms. The highest BCUT2D eigenvalue weighted by Gasteiger charge is 2.43. The number of hydrogen-bond donors (Lipinski definition) is 2. The van der Waals surface area contributed by atoms with Crippen LogP contribution in [0.2, 0.25) is 10.2 Å². The Bertz CT molecular complexity index is 960. The number of rotatable bonds is 5. The second kappa shape index (κ2) is 9.75. The van der Waals surface area contributed by atoms with Gasteiger partial charge in [-0.25, -0.2) is 15.0 Å². The predicted molar refractivity (Wildman–Crippen MR) is 126 cm³/mol. The van der Waals surface area contributed by atoms with Crippen molar-refractivity contribution in [3.05, 3.63) is 33.8 Å². The molecule has 2 aromatic heterocycles. The van der Waals surface area contributed by atoms with Crippen LogP contribution in [0.15, 0.2) is 12.3 Å². The summed E-state index contributed by atoms with van der Waals surface area (Å²) in [5, 5.41) is 10.6. The van der Waals surface area contributed by atoms with Gasteiger partial charge < -0.3 is 20.5 Å². The molecule has 0 saturated carbocycles. The zero-order valence-electron chi connectivity index (χ0n) is 18.5. The lowest BCUT2D eigenvalue weighted by Gasteiger charge is -2.52. The van der Waals surface area contributed by atoms with Gasteiger partial charge in [0.15, 0.2) is 5.82 Å². The molecular weight excluding hydrogens is 451 g/mol. The molecule has 3 N–H and O–H groups in total. The number of nitrogens with two attached hydrogens (primary N) is 1. The Morgan fingerprint density at radius 1 is 1.19 bits per heavy atom. The molecule has 2 aliphatic heterocycles. The lowest BCUT2D eigenvalue weighted by molar-refractivity contribution is -0.0408. The highest BCUT2D eigenvalue weighted by Crippen LogP contribution is 2.37. The van der Waals surface area contributed by atoms with Gasteiger partial charge in [-0.2, -0.15) is 0 Å². The zero-order chi connectivity index (χ0) is 22.9. The van der Waals surface area contributed by atoms with Crippen molar-refractivity contribution in [2.24, 2.45) is 5.73 Å². The van der Waals surface area contributed by atoms with Crippen molar-refractivity contribution in [1.82, 2.24) is 19.9 Å². The van der Waals surface area contributed by atoms with E-state index in [-0.39, 0.29) is 23.3 Å². The maximum Gasteiger partial charge on any atom is 0.153 e. The van der Waals surface area contributed by atoms with E-state index in [0.717, 1.165) is 57.9 Å². The molecule has 32 heavy (non-hydrogen) atoms. The number of hydrogen-bond acceptors (Lipinski definition) is 8. The first kappa shape index (κ1) is 23.6. The van der Waals surface area contributed by atoms with Crippen LogP contribution in [0, 0.1) is 6.92 Å². The number of aliphatic hydroxyl groups excluding tert-OH is 1. The Balaban J connectivity index is 1.61. The van der Waals surface area contributed by atoms with Crippen LogP contribution in [0.3, 0.4) is 0 Å². The summed E-state index contributed by atoms with van der Waals surface area (Å²) in [5.74, 6) is 0.713. The number of halogens is 2. The first-order valence-corrected chi connectivity index (χ1v) is 11.7. The molecule has 0 aromatic carbocycles. The van der Waals surface area contributed by atoms with Crippen molar-refractivity contribution in [3.8, 4) is 11.3 Å². The van der Waals surface area contributed by atoms with Gasteiger partial charge >= 0.3 is 0 Å². The molecule has 0 radical (unpaired) electrons. The van der Waals surface area contributed by atoms with Crippen LogP contribution in [0.5, 0.6) is 0 Å². The highest BCUT2D eigenvalue weighted by molar-refractivity contribution is 6.42. The van der Waals surface area contributed by atoms with Crippen LogP contribution in [0.4, 0.5) is 5.82 Å². The third-order valence-corrected chi connectivity index (χ3v) is 7.56. The Morgan fingerprint density at radius 2 is 1.88 bits per heavy atom. The standard InChI is InChI=1S/C22H30Cl2N6O2/c1-14-19(16-3-6-26-20(24)18(16)23)28-17(13-31)21(27-14)29-7-4-22(5-8-29,15(2)25)30-9-11-32-12-10-30/h3,6,15,31H,4-5,7-13,25H2,1-2H3/t15-/m0/s1. The highest BCUT2D eigenvalue weighted by atomic mass is 35.5. The number of ether oxygens (including phenoxy) is 1. The third kappa shape index (κ3) is 4.32. The molecule has 2 fully saturated rings. The molecule has 2 aliphatic rings. The number of aliphatic hydroxyl groups is 1. The van der Waals surface area contributed by atoms with Gasteiger partial charge in [0.2, 0.25) is 0 Å². The number of anilines is 1. The van der Waals surface area contributed by atoms with Gasteiger partial charge in [-0.15, -0.1) is 0 Å². The molecule has 174 valence electrons. The number of aryl methyl sites for hydroxylation is 1. The minimum absolute atomic E-state index is 0.0499. The van der Waals surface area contributed by atoms with Crippen LogP contribution < -0.4 is 10.6 Å². The Hall–Kier alpha value is -1.55. The molecule has 2 saturated heterocycles. The largest absolute Gasteiger partial charge is 0.390 e. The fourth-order valence-corrected chi connectivity index (χ4v) is 5.29. The Labute approximate surface area is 198 Å². The number of piperidine rings is 1. The monoisotopic (exact) mass is 480 g/mol. The molecule has 0 aliphatic carbocycles. The number of morpholine rings is 1. The Kier molecular flexibility index (Phi) is 7.19. The van der Waals surface area contributed by atoms with Crippen molar-refractivity contribution in [2.75, 3.05) is 44.3 Å². The number of nitrogens with zero attached hydrogens (tertiary/aromatic N) is 5. The lowest BCUT2D eigenvalue weighted by Crippen LogP contribution is -2.65. The zero-order valence-corrected chi connectivity index (χ0v) is 20.0. The maximum absolute atomic E-state index is 10.1. The van der Waals surface area contributed by atoms with E-state index in [0.29, 0.717) is 27.8 Å². The summed E-state index contributed by atoms with van der Waals surface area (Å²) < 4.78 is 5.55. The summed E-state index contributed by atoms with van der Waals surface area (Å²) in [5.41, 5.74) is 8.95. The molecule has 0 spiro atoms. The summed E-state index contributed by atoms with van der Waals surface area (Å²) >= 11 is 12.4. The molecular formula is C22H30Cl2N6O2. The molecule has 0 amide bonds. The average molecular weight is 481 g/mol. The number of aromatic nitrogens is 3. The minimum Gasteiger partial charge on any atom is -0.390 e. The first-order valence-electron chi connectivity index (χ1n) is 11.0. The van der Waals surface area contributed by atoms with Crippen molar-refractivity contribution in [3.63, 3.8) is 0 Å². The molecule has 1 atom stereocenters. The van der Waals surface area contributed by atoms with Crippen LogP contribution in [0.1, 0.15) is 31.2 Å². The predicted octanol–water partition coefficient (Wildman–Crippen LogP) is 2.66. The van der Waals surface area contributed by atoms with E-state index in [1.165, 1.54) is 0 Å². The first-order chi connectivity index (χ1) is 15.4. The van der Waals surface area contributed by atoms with E-state index in [1.54, 1.807) is 12.3 Å². The third-order valence-electron chi connectivity index (χ3n) is 6.79. The molecule has 4 rings (SSSR count). The van der Waals surface area contributed by atoms with Gasteiger partial charge in [-0.3, -0.25) is 4.90 Å². The van der Waals surface area contributed by atoms with Crippen LogP contribution >= 0.6 is 23.2 Å². The Morgan fingerprint density at radius 3 is 2.50 bits per heavy atom. The SMILES string of the molecule is Cc1nc(N2CCC([C@H](C)N)(N3CCOCC3)CC2)c(CO)nc1-c1ccnc(Cl)c1Cl. The molecule has 0 unspecified atom stereocenters. The van der Waals surface area contributed by atoms with Crippen LogP contribution in [-0.2, 0) is 11.3 Å². The van der Waals surface area contributed by atoms with Gasteiger partial charge in [-0.05, 0) is 32.8 Å². The molecule has 4 heterocycles. The fourth-order valence-electron chi connectivity index (χ4n) is 4.93. The minimum atomic E-state index is -0.218. The summed E-state index contributed by atoms with van der Waals surface area (Å²) in [6, 6.07) is 1.81. The van der Waals surface area contributed by atoms with E-state index in [1.807, 2.05) is 6.92 Å². The second-order valence-electron chi connectivity index (χ2n) is 8.53. The van der Waals surface area contributed by atoms with Crippen molar-refractivity contribution in [2.45, 2.75) is 44.9 Å². The van der Waals surface area contributed by atoms with E-state index in [9.17, 15) is 5.11 Å². The smallest absolute Gasteiger partial charge is 0.153 e. The molecule has 2 aromatic rings. The van der Waals surface area contributed by atoms with Gasteiger partial charge in [-0.1, -0.05) is 23.2 Å². The van der Waals surface area contributed by atoms with Crippen molar-refractivity contribution in [1.29, 1.82) is 0 Å². The lowest BCUT2D eigenvalue weighted by atomic mass is 9.79. The summed E-state index contributed by atoms with van der Waals surface area (Å²) in [6.07, 6.45) is 3.43.